The molecule has 4 nitrogen and oxygen atoms in total. The summed E-state index contributed by atoms with van der Waals surface area (Å²) in [5.74, 6) is 0. The highest BCUT2D eigenvalue weighted by atomic mass is 35.5. The SMILES string of the molecule is C[NH+]1CC[NH+](C[C@@H](O)Cn2c3ccccc3c3cc(Cl)ccc32)CC1. The maximum atomic E-state index is 10.7. The fraction of sp³-hybridized carbons (Fsp3) is 0.400. The van der Waals surface area contributed by atoms with Gasteiger partial charge < -0.3 is 19.5 Å². The number of piperazine rings is 1. The first-order chi connectivity index (χ1) is 12.1. The van der Waals surface area contributed by atoms with Crippen LogP contribution in [-0.4, -0.2) is 55.5 Å². The zero-order chi connectivity index (χ0) is 17.4. The van der Waals surface area contributed by atoms with Gasteiger partial charge in [-0.1, -0.05) is 29.8 Å². The van der Waals surface area contributed by atoms with E-state index in [0.29, 0.717) is 6.54 Å². The van der Waals surface area contributed by atoms with Gasteiger partial charge >= 0.3 is 0 Å². The van der Waals surface area contributed by atoms with Gasteiger partial charge in [0.25, 0.3) is 0 Å². The first-order valence-electron chi connectivity index (χ1n) is 9.11. The van der Waals surface area contributed by atoms with Crippen LogP contribution in [0.15, 0.2) is 42.5 Å². The topological polar surface area (TPSA) is 34.0 Å². The summed E-state index contributed by atoms with van der Waals surface area (Å²) in [5, 5.41) is 13.8. The molecule has 0 saturated carbocycles. The number of hydrogen-bond donors (Lipinski definition) is 3. The van der Waals surface area contributed by atoms with Gasteiger partial charge in [0.2, 0.25) is 0 Å². The zero-order valence-electron chi connectivity index (χ0n) is 14.6. The standard InChI is InChI=1S/C20H24ClN3O/c1-22-8-10-23(11-9-22)13-16(25)14-24-19-5-3-2-4-17(19)18-12-15(21)6-7-20(18)24/h2-7,12,16,25H,8-11,13-14H2,1H3/p+2/t16-/m1/s1. The van der Waals surface area contributed by atoms with Crippen molar-refractivity contribution in [1.29, 1.82) is 0 Å². The van der Waals surface area contributed by atoms with Crippen LogP contribution >= 0.6 is 11.6 Å². The van der Waals surface area contributed by atoms with Crippen LogP contribution in [0.4, 0.5) is 0 Å². The van der Waals surface area contributed by atoms with Crippen LogP contribution in [0.3, 0.4) is 0 Å². The average molecular weight is 360 g/mol. The molecule has 5 heteroatoms. The maximum Gasteiger partial charge on any atom is 0.127 e. The summed E-state index contributed by atoms with van der Waals surface area (Å²) in [6.45, 7) is 6.11. The summed E-state index contributed by atoms with van der Waals surface area (Å²) in [7, 11) is 2.25. The van der Waals surface area contributed by atoms with E-state index >= 15 is 0 Å². The highest BCUT2D eigenvalue weighted by molar-refractivity contribution is 6.31. The van der Waals surface area contributed by atoms with Crippen LogP contribution in [0.2, 0.25) is 5.02 Å². The molecule has 3 N–H and O–H groups in total. The summed E-state index contributed by atoms with van der Waals surface area (Å²) < 4.78 is 2.24. The number of rotatable bonds is 4. The Hall–Kier alpha value is -1.59. The van der Waals surface area contributed by atoms with Crippen LogP contribution in [0, 0.1) is 0 Å². The van der Waals surface area contributed by atoms with Crippen LogP contribution in [-0.2, 0) is 6.54 Å². The Balaban J connectivity index is 1.61. The van der Waals surface area contributed by atoms with Crippen molar-refractivity contribution < 1.29 is 14.9 Å². The molecule has 0 radical (unpaired) electrons. The van der Waals surface area contributed by atoms with Crippen LogP contribution < -0.4 is 9.80 Å². The molecule has 132 valence electrons. The second kappa shape index (κ2) is 6.96. The number of halogens is 1. The van der Waals surface area contributed by atoms with Crippen LogP contribution in [0.5, 0.6) is 0 Å². The first kappa shape index (κ1) is 16.9. The van der Waals surface area contributed by atoms with E-state index in [2.05, 4.69) is 41.9 Å². The summed E-state index contributed by atoms with van der Waals surface area (Å²) >= 11 is 6.21. The van der Waals surface area contributed by atoms with Crippen LogP contribution in [0.1, 0.15) is 0 Å². The second-order valence-electron chi connectivity index (χ2n) is 7.35. The van der Waals surface area contributed by atoms with Crippen molar-refractivity contribution >= 4 is 33.4 Å². The van der Waals surface area contributed by atoms with E-state index < -0.39 is 0 Å². The number of hydrogen-bond acceptors (Lipinski definition) is 1. The number of para-hydroxylation sites is 1. The zero-order valence-corrected chi connectivity index (χ0v) is 15.4. The summed E-state index contributed by atoms with van der Waals surface area (Å²) in [4.78, 5) is 3.11. The highest BCUT2D eigenvalue weighted by Gasteiger charge is 2.23. The molecule has 2 heterocycles. The Morgan fingerprint density at radius 2 is 1.76 bits per heavy atom. The maximum absolute atomic E-state index is 10.7. The minimum absolute atomic E-state index is 0.344. The minimum atomic E-state index is -0.344. The number of likely N-dealkylation sites (N-methyl/N-ethyl adjacent to an activating group) is 1. The van der Waals surface area contributed by atoms with Crippen LogP contribution in [0.25, 0.3) is 21.8 Å². The molecule has 0 unspecified atom stereocenters. The largest absolute Gasteiger partial charge is 0.385 e. The number of aliphatic hydroxyl groups is 1. The molecule has 1 aliphatic heterocycles. The van der Waals surface area contributed by atoms with E-state index in [-0.39, 0.29) is 6.10 Å². The molecule has 1 saturated heterocycles. The molecule has 0 spiro atoms. The molecule has 3 aromatic rings. The van der Waals surface area contributed by atoms with Crippen molar-refractivity contribution in [1.82, 2.24) is 4.57 Å². The monoisotopic (exact) mass is 359 g/mol. The summed E-state index contributed by atoms with van der Waals surface area (Å²) in [6, 6.07) is 14.4. The molecule has 4 rings (SSSR count). The van der Waals surface area contributed by atoms with Crippen molar-refractivity contribution in [3.05, 3.63) is 47.5 Å². The predicted molar refractivity (Wildman–Crippen MR) is 103 cm³/mol. The average Bonchev–Trinajstić information content (AvgIpc) is 2.91. The van der Waals surface area contributed by atoms with Crippen molar-refractivity contribution in [2.45, 2.75) is 12.6 Å². The Morgan fingerprint density at radius 3 is 2.56 bits per heavy atom. The number of aromatic nitrogens is 1. The van der Waals surface area contributed by atoms with Gasteiger partial charge in [0, 0.05) is 26.8 Å². The number of nitrogens with zero attached hydrogens (tertiary/aromatic N) is 1. The van der Waals surface area contributed by atoms with Gasteiger partial charge in [-0.2, -0.15) is 0 Å². The fourth-order valence-electron chi connectivity index (χ4n) is 4.07. The number of benzene rings is 2. The number of nitrogens with one attached hydrogen (secondary N) is 2. The van der Waals surface area contributed by atoms with E-state index in [0.717, 1.165) is 41.1 Å². The van der Waals surface area contributed by atoms with Gasteiger partial charge in [-0.15, -0.1) is 0 Å². The lowest BCUT2D eigenvalue weighted by molar-refractivity contribution is -1.00. The van der Waals surface area contributed by atoms with E-state index in [9.17, 15) is 5.11 Å². The van der Waals surface area contributed by atoms with Gasteiger partial charge in [0.15, 0.2) is 0 Å². The molecule has 1 aliphatic rings. The molecule has 25 heavy (non-hydrogen) atoms. The van der Waals surface area contributed by atoms with Gasteiger partial charge in [-0.05, 0) is 24.3 Å². The molecule has 0 bridgehead atoms. The van der Waals surface area contributed by atoms with Crippen molar-refractivity contribution in [3.63, 3.8) is 0 Å². The normalized spacial score (nSPS) is 22.5. The van der Waals surface area contributed by atoms with Gasteiger partial charge in [-0.3, -0.25) is 0 Å². The Morgan fingerprint density at radius 1 is 1.04 bits per heavy atom. The van der Waals surface area contributed by atoms with E-state index in [1.165, 1.54) is 23.4 Å². The van der Waals surface area contributed by atoms with Gasteiger partial charge in [0.1, 0.15) is 38.8 Å². The lowest BCUT2D eigenvalue weighted by atomic mass is 10.2. The Bertz CT molecular complexity index is 883. The predicted octanol–water partition coefficient (Wildman–Crippen LogP) is 0.222. The molecular formula is C20H26ClN3O+2. The number of aliphatic hydroxyl groups excluding tert-OH is 1. The molecule has 2 aromatic carbocycles. The third-order valence-corrected chi connectivity index (χ3v) is 5.70. The molecule has 1 fully saturated rings. The minimum Gasteiger partial charge on any atom is -0.385 e. The third kappa shape index (κ3) is 3.40. The van der Waals surface area contributed by atoms with Crippen molar-refractivity contribution in [3.8, 4) is 0 Å². The quantitative estimate of drug-likeness (QED) is 0.612. The van der Waals surface area contributed by atoms with Gasteiger partial charge in [-0.25, -0.2) is 0 Å². The number of fused-ring (bicyclic) bond motifs is 3. The molecule has 0 amide bonds. The smallest absolute Gasteiger partial charge is 0.127 e. The summed E-state index contributed by atoms with van der Waals surface area (Å²) in [6.07, 6.45) is -0.344. The molecular weight excluding hydrogens is 334 g/mol. The fourth-order valence-corrected chi connectivity index (χ4v) is 4.24. The van der Waals surface area contributed by atoms with Crippen molar-refractivity contribution in [2.24, 2.45) is 0 Å². The van der Waals surface area contributed by atoms with E-state index in [1.807, 2.05) is 12.1 Å². The number of quaternary nitrogens is 2. The van der Waals surface area contributed by atoms with E-state index in [1.54, 1.807) is 4.90 Å². The Labute approximate surface area is 153 Å². The lowest BCUT2D eigenvalue weighted by Gasteiger charge is -2.28. The second-order valence-corrected chi connectivity index (χ2v) is 7.79. The highest BCUT2D eigenvalue weighted by Crippen LogP contribution is 2.31. The Kier molecular flexibility index (Phi) is 4.69. The van der Waals surface area contributed by atoms with Crippen molar-refractivity contribution in [2.75, 3.05) is 39.8 Å². The lowest BCUT2D eigenvalue weighted by Crippen LogP contribution is -3.27. The molecule has 1 aromatic heterocycles. The molecule has 0 aliphatic carbocycles. The third-order valence-electron chi connectivity index (χ3n) is 5.46. The summed E-state index contributed by atoms with van der Waals surface area (Å²) in [5.41, 5.74) is 2.30. The first-order valence-corrected chi connectivity index (χ1v) is 9.49. The molecule has 1 atom stereocenters. The van der Waals surface area contributed by atoms with Gasteiger partial charge in [0.05, 0.1) is 13.6 Å². The van der Waals surface area contributed by atoms with E-state index in [4.69, 9.17) is 11.6 Å².